The Morgan fingerprint density at radius 2 is 1.96 bits per heavy atom. The monoisotopic (exact) mass is 314 g/mol. The molecule has 23 heavy (non-hydrogen) atoms. The van der Waals surface area contributed by atoms with Crippen molar-refractivity contribution in [1.82, 2.24) is 19.7 Å². The number of nitrogens with two attached hydrogens (primary N) is 1. The predicted octanol–water partition coefficient (Wildman–Crippen LogP) is 0.279. The Morgan fingerprint density at radius 3 is 2.61 bits per heavy atom. The maximum absolute atomic E-state index is 12.8. The van der Waals surface area contributed by atoms with Gasteiger partial charge in [-0.15, -0.1) is 10.2 Å². The third-order valence-corrected chi connectivity index (χ3v) is 4.20. The Balaban J connectivity index is 1.68. The standard InChI is InChI=1S/C16H22N6O/c1-20-12-18-19-16(20)22-10-8-21(9-11-22)15(23)14-5-3-2-4-13(14)6-7-17/h2-5,12H,6-11,17H2,1H3. The van der Waals surface area contributed by atoms with Gasteiger partial charge in [-0.3, -0.25) is 4.79 Å². The van der Waals surface area contributed by atoms with Crippen molar-refractivity contribution in [1.29, 1.82) is 0 Å². The highest BCUT2D eigenvalue weighted by Crippen LogP contribution is 2.16. The van der Waals surface area contributed by atoms with Gasteiger partial charge in [0.1, 0.15) is 6.33 Å². The summed E-state index contributed by atoms with van der Waals surface area (Å²) in [6.45, 7) is 3.43. The lowest BCUT2D eigenvalue weighted by Gasteiger charge is -2.35. The van der Waals surface area contributed by atoms with Gasteiger partial charge in [-0.25, -0.2) is 0 Å². The van der Waals surface area contributed by atoms with E-state index in [4.69, 9.17) is 5.73 Å². The predicted molar refractivity (Wildman–Crippen MR) is 88.3 cm³/mol. The van der Waals surface area contributed by atoms with Crippen LogP contribution in [0.1, 0.15) is 15.9 Å². The van der Waals surface area contributed by atoms with Crippen molar-refractivity contribution in [2.45, 2.75) is 6.42 Å². The zero-order valence-corrected chi connectivity index (χ0v) is 13.4. The van der Waals surface area contributed by atoms with Gasteiger partial charge in [0.05, 0.1) is 0 Å². The number of hydrogen-bond donors (Lipinski definition) is 1. The zero-order chi connectivity index (χ0) is 16.2. The summed E-state index contributed by atoms with van der Waals surface area (Å²) in [4.78, 5) is 16.8. The van der Waals surface area contributed by atoms with Gasteiger partial charge in [-0.2, -0.15) is 0 Å². The van der Waals surface area contributed by atoms with E-state index in [1.165, 1.54) is 0 Å². The fraction of sp³-hybridized carbons (Fsp3) is 0.438. The number of nitrogens with zero attached hydrogens (tertiary/aromatic N) is 5. The van der Waals surface area contributed by atoms with E-state index in [1.54, 1.807) is 6.33 Å². The third-order valence-electron chi connectivity index (χ3n) is 4.20. The average Bonchev–Trinajstić information content (AvgIpc) is 3.01. The highest BCUT2D eigenvalue weighted by Gasteiger charge is 2.25. The van der Waals surface area contributed by atoms with E-state index in [0.717, 1.165) is 36.6 Å². The molecule has 1 aliphatic rings. The number of anilines is 1. The van der Waals surface area contributed by atoms with Crippen LogP contribution in [0.5, 0.6) is 0 Å². The molecule has 0 saturated carbocycles. The van der Waals surface area contributed by atoms with Crippen LogP contribution < -0.4 is 10.6 Å². The molecule has 1 aromatic carbocycles. The molecule has 1 aliphatic heterocycles. The van der Waals surface area contributed by atoms with E-state index in [-0.39, 0.29) is 5.91 Å². The van der Waals surface area contributed by atoms with E-state index in [1.807, 2.05) is 40.8 Å². The van der Waals surface area contributed by atoms with Gasteiger partial charge in [0.2, 0.25) is 5.95 Å². The van der Waals surface area contributed by atoms with Gasteiger partial charge in [0.15, 0.2) is 0 Å². The quantitative estimate of drug-likeness (QED) is 0.877. The summed E-state index contributed by atoms with van der Waals surface area (Å²) in [5, 5.41) is 8.04. The van der Waals surface area contributed by atoms with Gasteiger partial charge in [0, 0.05) is 38.8 Å². The molecule has 0 unspecified atom stereocenters. The van der Waals surface area contributed by atoms with Gasteiger partial charge < -0.3 is 20.1 Å². The van der Waals surface area contributed by atoms with E-state index in [0.29, 0.717) is 19.6 Å². The molecule has 3 rings (SSSR count). The smallest absolute Gasteiger partial charge is 0.254 e. The number of carbonyl (C=O) groups is 1. The summed E-state index contributed by atoms with van der Waals surface area (Å²) < 4.78 is 1.90. The summed E-state index contributed by atoms with van der Waals surface area (Å²) in [6, 6.07) is 7.73. The van der Waals surface area contributed by atoms with Crippen LogP contribution in [0.3, 0.4) is 0 Å². The molecular weight excluding hydrogens is 292 g/mol. The second kappa shape index (κ2) is 6.78. The molecule has 2 heterocycles. The maximum Gasteiger partial charge on any atom is 0.254 e. The fourth-order valence-electron chi connectivity index (χ4n) is 2.95. The number of aryl methyl sites for hydroxylation is 1. The SMILES string of the molecule is Cn1cnnc1N1CCN(C(=O)c2ccccc2CCN)CC1. The first-order valence-electron chi connectivity index (χ1n) is 7.87. The summed E-state index contributed by atoms with van der Waals surface area (Å²) in [7, 11) is 1.93. The summed E-state index contributed by atoms with van der Waals surface area (Å²) in [5.41, 5.74) is 7.44. The largest absolute Gasteiger partial charge is 0.337 e. The molecular formula is C16H22N6O. The van der Waals surface area contributed by atoms with E-state index >= 15 is 0 Å². The number of aromatic nitrogens is 3. The van der Waals surface area contributed by atoms with Crippen LogP contribution in [-0.2, 0) is 13.5 Å². The van der Waals surface area contributed by atoms with Crippen molar-refractivity contribution in [2.75, 3.05) is 37.6 Å². The molecule has 0 radical (unpaired) electrons. The number of hydrogen-bond acceptors (Lipinski definition) is 5. The molecule has 1 saturated heterocycles. The fourth-order valence-corrected chi connectivity index (χ4v) is 2.95. The third kappa shape index (κ3) is 3.19. The van der Waals surface area contributed by atoms with Crippen LogP contribution in [0.25, 0.3) is 0 Å². The second-order valence-corrected chi connectivity index (χ2v) is 5.72. The summed E-state index contributed by atoms with van der Waals surface area (Å²) in [6.07, 6.45) is 2.41. The number of piperazine rings is 1. The van der Waals surface area contributed by atoms with Crippen molar-refractivity contribution in [3.05, 3.63) is 41.7 Å². The Morgan fingerprint density at radius 1 is 1.22 bits per heavy atom. The van der Waals surface area contributed by atoms with Crippen LogP contribution in [0.4, 0.5) is 5.95 Å². The second-order valence-electron chi connectivity index (χ2n) is 5.72. The minimum Gasteiger partial charge on any atom is -0.337 e. The number of amides is 1. The van der Waals surface area contributed by atoms with E-state index < -0.39 is 0 Å². The van der Waals surface area contributed by atoms with Gasteiger partial charge in [-0.1, -0.05) is 18.2 Å². The van der Waals surface area contributed by atoms with Crippen molar-refractivity contribution in [3.63, 3.8) is 0 Å². The van der Waals surface area contributed by atoms with Gasteiger partial charge in [0.25, 0.3) is 5.91 Å². The molecule has 7 nitrogen and oxygen atoms in total. The summed E-state index contributed by atoms with van der Waals surface area (Å²) >= 11 is 0. The normalized spacial score (nSPS) is 15.0. The molecule has 1 fully saturated rings. The van der Waals surface area contributed by atoms with Crippen LogP contribution in [-0.4, -0.2) is 58.3 Å². The van der Waals surface area contributed by atoms with Crippen molar-refractivity contribution >= 4 is 11.9 Å². The molecule has 0 aliphatic carbocycles. The van der Waals surface area contributed by atoms with Gasteiger partial charge >= 0.3 is 0 Å². The molecule has 1 amide bonds. The molecule has 0 spiro atoms. The van der Waals surface area contributed by atoms with Crippen LogP contribution in [0.2, 0.25) is 0 Å². The Labute approximate surface area is 135 Å². The Hall–Kier alpha value is -2.41. The molecule has 1 aromatic heterocycles. The molecule has 0 atom stereocenters. The molecule has 2 N–H and O–H groups in total. The first kappa shape index (κ1) is 15.5. The van der Waals surface area contributed by atoms with Crippen molar-refractivity contribution in [2.24, 2.45) is 12.8 Å². The van der Waals surface area contributed by atoms with Crippen LogP contribution >= 0.6 is 0 Å². The highest BCUT2D eigenvalue weighted by atomic mass is 16.2. The number of carbonyl (C=O) groups excluding carboxylic acids is 1. The van der Waals surface area contributed by atoms with Crippen molar-refractivity contribution < 1.29 is 4.79 Å². The van der Waals surface area contributed by atoms with Crippen LogP contribution in [0.15, 0.2) is 30.6 Å². The molecule has 7 heteroatoms. The lowest BCUT2D eigenvalue weighted by atomic mass is 10.0. The molecule has 0 bridgehead atoms. The highest BCUT2D eigenvalue weighted by molar-refractivity contribution is 5.95. The number of benzene rings is 1. The minimum absolute atomic E-state index is 0.0895. The van der Waals surface area contributed by atoms with Crippen molar-refractivity contribution in [3.8, 4) is 0 Å². The number of rotatable bonds is 4. The van der Waals surface area contributed by atoms with E-state index in [9.17, 15) is 4.79 Å². The average molecular weight is 314 g/mol. The first-order chi connectivity index (χ1) is 11.2. The maximum atomic E-state index is 12.8. The summed E-state index contributed by atoms with van der Waals surface area (Å²) in [5.74, 6) is 0.937. The lowest BCUT2D eigenvalue weighted by molar-refractivity contribution is 0.0745. The molecule has 2 aromatic rings. The topological polar surface area (TPSA) is 80.3 Å². The first-order valence-corrected chi connectivity index (χ1v) is 7.87. The minimum atomic E-state index is 0.0895. The zero-order valence-electron chi connectivity index (χ0n) is 13.4. The van der Waals surface area contributed by atoms with E-state index in [2.05, 4.69) is 15.1 Å². The van der Waals surface area contributed by atoms with Gasteiger partial charge in [-0.05, 0) is 24.6 Å². The molecule has 122 valence electrons. The van der Waals surface area contributed by atoms with Crippen LogP contribution in [0, 0.1) is 0 Å². The Bertz CT molecular complexity index is 675. The lowest BCUT2D eigenvalue weighted by Crippen LogP contribution is -2.49. The Kier molecular flexibility index (Phi) is 4.57.